The van der Waals surface area contributed by atoms with Gasteiger partial charge in [0.05, 0.1) is 13.2 Å². The van der Waals surface area contributed by atoms with Crippen molar-refractivity contribution >= 4 is 0 Å². The molecule has 0 aliphatic rings. The number of hydrogen-bond acceptors (Lipinski definition) is 2. The van der Waals surface area contributed by atoms with Crippen LogP contribution < -0.4 is 0 Å². The largest absolute Gasteiger partial charge is 0.379 e. The fraction of sp³-hybridized carbons (Fsp3) is 1.00. The molecule has 0 spiro atoms. The van der Waals surface area contributed by atoms with Crippen LogP contribution in [-0.2, 0) is 9.47 Å². The molecule has 0 amide bonds. The molecule has 0 bridgehead atoms. The minimum Gasteiger partial charge on any atom is -0.379 e. The summed E-state index contributed by atoms with van der Waals surface area (Å²) in [7, 11) is 0. The maximum Gasteiger partial charge on any atom is 0.0700 e. The normalized spacial score (nSPS) is 11.3. The second kappa shape index (κ2) is 25.9. The Morgan fingerprint density at radius 3 is 0.852 bits per heavy atom. The van der Waals surface area contributed by atoms with Crippen LogP contribution in [0.3, 0.4) is 0 Å². The Bertz CT molecular complexity index is 218. The summed E-state index contributed by atoms with van der Waals surface area (Å²) < 4.78 is 11.3. The number of rotatable bonds is 24. The summed E-state index contributed by atoms with van der Waals surface area (Å²) in [5, 5.41) is 0. The van der Waals surface area contributed by atoms with Gasteiger partial charge < -0.3 is 9.47 Å². The standard InChI is InChI=1S/C25H52O2/c1-3-5-7-9-11-12-13-14-15-16-17-19-21-23-27-25-24-26-22-20-18-10-8-6-4-2/h3-25H2,1-2H3. The highest BCUT2D eigenvalue weighted by molar-refractivity contribution is 4.49. The van der Waals surface area contributed by atoms with Crippen molar-refractivity contribution in [2.45, 2.75) is 136 Å². The lowest BCUT2D eigenvalue weighted by molar-refractivity contribution is 0.0448. The first-order valence-corrected chi connectivity index (χ1v) is 12.6. The molecule has 2 heteroatoms. The van der Waals surface area contributed by atoms with E-state index in [0.717, 1.165) is 26.4 Å². The van der Waals surface area contributed by atoms with Gasteiger partial charge in [0.25, 0.3) is 0 Å². The molecule has 0 aromatic heterocycles. The molecule has 0 rings (SSSR count). The predicted octanol–water partition coefficient (Wildman–Crippen LogP) is 8.47. The second-order valence-corrected chi connectivity index (χ2v) is 8.24. The fourth-order valence-corrected chi connectivity index (χ4v) is 3.53. The van der Waals surface area contributed by atoms with Crippen molar-refractivity contribution in [3.8, 4) is 0 Å². The molecule has 0 aliphatic carbocycles. The third-order valence-corrected chi connectivity index (χ3v) is 5.41. The van der Waals surface area contributed by atoms with Gasteiger partial charge in [0, 0.05) is 13.2 Å². The molecule has 0 aromatic rings. The van der Waals surface area contributed by atoms with Crippen LogP contribution in [0.5, 0.6) is 0 Å². The van der Waals surface area contributed by atoms with Gasteiger partial charge in [0.2, 0.25) is 0 Å². The molecule has 0 saturated carbocycles. The van der Waals surface area contributed by atoms with E-state index in [-0.39, 0.29) is 0 Å². The second-order valence-electron chi connectivity index (χ2n) is 8.24. The number of ether oxygens (including phenoxy) is 2. The lowest BCUT2D eigenvalue weighted by atomic mass is 10.0. The van der Waals surface area contributed by atoms with Crippen LogP contribution in [-0.4, -0.2) is 26.4 Å². The summed E-state index contributed by atoms with van der Waals surface area (Å²) in [6, 6.07) is 0. The molecule has 0 radical (unpaired) electrons. The fourth-order valence-electron chi connectivity index (χ4n) is 3.53. The van der Waals surface area contributed by atoms with Crippen LogP contribution in [0.4, 0.5) is 0 Å². The summed E-state index contributed by atoms with van der Waals surface area (Å²) in [5.41, 5.74) is 0. The van der Waals surface area contributed by atoms with Gasteiger partial charge in [-0.2, -0.15) is 0 Å². The highest BCUT2D eigenvalue weighted by Gasteiger charge is 1.95. The Balaban J connectivity index is 2.95. The van der Waals surface area contributed by atoms with Crippen molar-refractivity contribution in [2.24, 2.45) is 0 Å². The van der Waals surface area contributed by atoms with Crippen molar-refractivity contribution in [1.29, 1.82) is 0 Å². The van der Waals surface area contributed by atoms with E-state index >= 15 is 0 Å². The van der Waals surface area contributed by atoms with Crippen LogP contribution in [0.15, 0.2) is 0 Å². The maximum absolute atomic E-state index is 5.67. The summed E-state index contributed by atoms with van der Waals surface area (Å²) in [6.07, 6.45) is 26.3. The third-order valence-electron chi connectivity index (χ3n) is 5.41. The summed E-state index contributed by atoms with van der Waals surface area (Å²) in [5.74, 6) is 0. The highest BCUT2D eigenvalue weighted by atomic mass is 16.5. The quantitative estimate of drug-likeness (QED) is 0.155. The maximum atomic E-state index is 5.67. The molecule has 27 heavy (non-hydrogen) atoms. The third kappa shape index (κ3) is 25.9. The van der Waals surface area contributed by atoms with Gasteiger partial charge in [-0.05, 0) is 12.8 Å². The molecule has 0 aromatic carbocycles. The Hall–Kier alpha value is -0.0800. The van der Waals surface area contributed by atoms with Crippen LogP contribution in [0, 0.1) is 0 Å². The van der Waals surface area contributed by atoms with Crippen molar-refractivity contribution in [3.63, 3.8) is 0 Å². The van der Waals surface area contributed by atoms with E-state index in [1.807, 2.05) is 0 Å². The topological polar surface area (TPSA) is 18.5 Å². The van der Waals surface area contributed by atoms with E-state index in [0.29, 0.717) is 0 Å². The zero-order valence-electron chi connectivity index (χ0n) is 19.1. The van der Waals surface area contributed by atoms with E-state index in [1.165, 1.54) is 122 Å². The van der Waals surface area contributed by atoms with Crippen molar-refractivity contribution < 1.29 is 9.47 Å². The van der Waals surface area contributed by atoms with Gasteiger partial charge in [-0.15, -0.1) is 0 Å². The van der Waals surface area contributed by atoms with Crippen LogP contribution in [0.2, 0.25) is 0 Å². The molecule has 0 unspecified atom stereocenters. The molecule has 0 N–H and O–H groups in total. The summed E-state index contributed by atoms with van der Waals surface area (Å²) in [4.78, 5) is 0. The van der Waals surface area contributed by atoms with E-state index in [4.69, 9.17) is 9.47 Å². The first-order chi connectivity index (χ1) is 13.4. The lowest BCUT2D eigenvalue weighted by Gasteiger charge is -2.06. The molecule has 0 saturated heterocycles. The van der Waals surface area contributed by atoms with Crippen molar-refractivity contribution in [3.05, 3.63) is 0 Å². The van der Waals surface area contributed by atoms with Crippen LogP contribution in [0.1, 0.15) is 136 Å². The average Bonchev–Trinajstić information content (AvgIpc) is 2.68. The molecular formula is C25H52O2. The lowest BCUT2D eigenvalue weighted by Crippen LogP contribution is -2.06. The van der Waals surface area contributed by atoms with E-state index in [2.05, 4.69) is 13.8 Å². The van der Waals surface area contributed by atoms with Gasteiger partial charge in [-0.3, -0.25) is 0 Å². The van der Waals surface area contributed by atoms with Crippen molar-refractivity contribution in [2.75, 3.05) is 26.4 Å². The first kappa shape index (κ1) is 26.9. The molecule has 2 nitrogen and oxygen atoms in total. The zero-order valence-corrected chi connectivity index (χ0v) is 19.1. The van der Waals surface area contributed by atoms with Gasteiger partial charge in [0.15, 0.2) is 0 Å². The van der Waals surface area contributed by atoms with E-state index < -0.39 is 0 Å². The molecular weight excluding hydrogens is 332 g/mol. The van der Waals surface area contributed by atoms with Crippen molar-refractivity contribution in [1.82, 2.24) is 0 Å². The Morgan fingerprint density at radius 2 is 0.556 bits per heavy atom. The zero-order chi connectivity index (χ0) is 19.7. The number of hydrogen-bond donors (Lipinski definition) is 0. The van der Waals surface area contributed by atoms with Gasteiger partial charge in [0.1, 0.15) is 0 Å². The molecule has 0 aliphatic heterocycles. The van der Waals surface area contributed by atoms with Crippen LogP contribution in [0.25, 0.3) is 0 Å². The predicted molar refractivity (Wildman–Crippen MR) is 121 cm³/mol. The monoisotopic (exact) mass is 384 g/mol. The summed E-state index contributed by atoms with van der Waals surface area (Å²) >= 11 is 0. The SMILES string of the molecule is CCCCCCCCCCCCCCCOCCOCCCCCCCC. The average molecular weight is 385 g/mol. The smallest absolute Gasteiger partial charge is 0.0700 e. The van der Waals surface area contributed by atoms with Gasteiger partial charge >= 0.3 is 0 Å². The Kier molecular flexibility index (Phi) is 25.8. The minimum atomic E-state index is 0.771. The van der Waals surface area contributed by atoms with Gasteiger partial charge in [-0.25, -0.2) is 0 Å². The molecule has 0 fully saturated rings. The van der Waals surface area contributed by atoms with Gasteiger partial charge in [-0.1, -0.05) is 123 Å². The Morgan fingerprint density at radius 1 is 0.296 bits per heavy atom. The molecule has 0 atom stereocenters. The van der Waals surface area contributed by atoms with E-state index in [1.54, 1.807) is 0 Å². The Labute approximate surface area is 172 Å². The molecule has 0 heterocycles. The minimum absolute atomic E-state index is 0.771. The highest BCUT2D eigenvalue weighted by Crippen LogP contribution is 2.12. The number of unbranched alkanes of at least 4 members (excludes halogenated alkanes) is 17. The van der Waals surface area contributed by atoms with E-state index in [9.17, 15) is 0 Å². The van der Waals surface area contributed by atoms with Crippen LogP contribution >= 0.6 is 0 Å². The summed E-state index contributed by atoms with van der Waals surface area (Å²) in [6.45, 7) is 7.92. The first-order valence-electron chi connectivity index (χ1n) is 12.6. The molecule has 164 valence electrons.